The van der Waals surface area contributed by atoms with Crippen LogP contribution in [0.3, 0.4) is 0 Å². The molecule has 0 atom stereocenters. The molecular formula is C13H15N7S. The Morgan fingerprint density at radius 3 is 3.10 bits per heavy atom. The molecule has 0 amide bonds. The molecule has 108 valence electrons. The van der Waals surface area contributed by atoms with Crippen molar-refractivity contribution in [3.63, 3.8) is 0 Å². The van der Waals surface area contributed by atoms with Crippen LogP contribution in [0.4, 0.5) is 10.8 Å². The van der Waals surface area contributed by atoms with Gasteiger partial charge in [-0.05, 0) is 24.0 Å². The van der Waals surface area contributed by atoms with Crippen LogP contribution < -0.4 is 11.1 Å². The Labute approximate surface area is 125 Å². The average molecular weight is 301 g/mol. The molecule has 0 saturated carbocycles. The third kappa shape index (κ3) is 3.16. The third-order valence-electron chi connectivity index (χ3n) is 3.01. The number of aromatic amines is 1. The maximum Gasteiger partial charge on any atom is 0.147 e. The number of aryl methyl sites for hydroxylation is 1. The Morgan fingerprint density at radius 2 is 2.33 bits per heavy atom. The Morgan fingerprint density at radius 1 is 1.38 bits per heavy atom. The molecule has 0 aliphatic carbocycles. The van der Waals surface area contributed by atoms with Gasteiger partial charge in [0.1, 0.15) is 23.0 Å². The fourth-order valence-corrected chi connectivity index (χ4v) is 2.78. The molecule has 3 aromatic rings. The van der Waals surface area contributed by atoms with E-state index in [9.17, 15) is 0 Å². The minimum Gasteiger partial charge on any atom is -0.382 e. The maximum absolute atomic E-state index is 5.96. The lowest BCUT2D eigenvalue weighted by molar-refractivity contribution is 0.807. The topological polar surface area (TPSA) is 105 Å². The van der Waals surface area contributed by atoms with Gasteiger partial charge in [0.15, 0.2) is 0 Å². The zero-order chi connectivity index (χ0) is 14.5. The summed E-state index contributed by atoms with van der Waals surface area (Å²) >= 11 is 1.37. The van der Waals surface area contributed by atoms with Crippen molar-refractivity contribution in [2.24, 2.45) is 0 Å². The molecule has 0 spiro atoms. The van der Waals surface area contributed by atoms with E-state index < -0.39 is 0 Å². The molecule has 0 radical (unpaired) electrons. The fourth-order valence-electron chi connectivity index (χ4n) is 2.02. The van der Waals surface area contributed by atoms with Crippen LogP contribution >= 0.6 is 11.5 Å². The van der Waals surface area contributed by atoms with Crippen molar-refractivity contribution in [2.75, 3.05) is 17.6 Å². The molecular weight excluding hydrogens is 286 g/mol. The Balaban J connectivity index is 1.64. The van der Waals surface area contributed by atoms with E-state index in [4.69, 9.17) is 5.73 Å². The van der Waals surface area contributed by atoms with Gasteiger partial charge in [0, 0.05) is 30.9 Å². The average Bonchev–Trinajstić information content (AvgIpc) is 3.14. The quantitative estimate of drug-likeness (QED) is 0.601. The van der Waals surface area contributed by atoms with Gasteiger partial charge in [-0.25, -0.2) is 4.98 Å². The van der Waals surface area contributed by atoms with Crippen LogP contribution in [0.25, 0.3) is 11.1 Å². The van der Waals surface area contributed by atoms with Crippen molar-refractivity contribution in [3.05, 3.63) is 36.7 Å². The number of aromatic nitrogens is 5. The van der Waals surface area contributed by atoms with Crippen molar-refractivity contribution < 1.29 is 0 Å². The second kappa shape index (κ2) is 6.31. The highest BCUT2D eigenvalue weighted by molar-refractivity contribution is 7.11. The van der Waals surface area contributed by atoms with Crippen LogP contribution in [-0.4, -0.2) is 31.1 Å². The summed E-state index contributed by atoms with van der Waals surface area (Å²) in [5.74, 6) is 1.43. The Hall–Kier alpha value is -2.48. The molecule has 0 saturated heterocycles. The summed E-state index contributed by atoms with van der Waals surface area (Å²) in [4.78, 5) is 8.22. The van der Waals surface area contributed by atoms with Gasteiger partial charge in [-0.1, -0.05) is 6.07 Å². The number of nitrogens with two attached hydrogens (primary N) is 1. The Kier molecular flexibility index (Phi) is 4.06. The van der Waals surface area contributed by atoms with Crippen molar-refractivity contribution >= 4 is 22.4 Å². The second-order valence-electron chi connectivity index (χ2n) is 4.48. The van der Waals surface area contributed by atoms with E-state index >= 15 is 0 Å². The van der Waals surface area contributed by atoms with E-state index in [1.54, 1.807) is 12.4 Å². The number of anilines is 2. The lowest BCUT2D eigenvalue weighted by Gasteiger charge is -2.06. The van der Waals surface area contributed by atoms with Gasteiger partial charge < -0.3 is 11.1 Å². The predicted octanol–water partition coefficient (Wildman–Crippen LogP) is 1.95. The molecule has 21 heavy (non-hydrogen) atoms. The largest absolute Gasteiger partial charge is 0.382 e. The van der Waals surface area contributed by atoms with Crippen molar-refractivity contribution in [1.29, 1.82) is 0 Å². The standard InChI is InChI=1S/C13H15N7S/c14-12-11(9-3-1-5-15-7-9)13(21-20-12)16-6-2-4-10-17-8-18-19-10/h1,3,5,7-8,16H,2,4,6H2,(H2,14,20)(H,17,18,19). The van der Waals surface area contributed by atoms with Gasteiger partial charge in [0.25, 0.3) is 0 Å². The van der Waals surface area contributed by atoms with E-state index in [0.29, 0.717) is 5.82 Å². The SMILES string of the molecule is Nc1nsc(NCCCc2ncn[nH]2)c1-c1cccnc1. The normalized spacial score (nSPS) is 10.7. The van der Waals surface area contributed by atoms with E-state index in [0.717, 1.165) is 41.3 Å². The lowest BCUT2D eigenvalue weighted by Crippen LogP contribution is -2.03. The molecule has 0 aromatic carbocycles. The fraction of sp³-hybridized carbons (Fsp3) is 0.231. The zero-order valence-corrected chi connectivity index (χ0v) is 12.1. The molecule has 0 aliphatic rings. The molecule has 3 heterocycles. The number of pyridine rings is 1. The summed E-state index contributed by atoms with van der Waals surface area (Å²) in [6.45, 7) is 0.815. The van der Waals surface area contributed by atoms with Gasteiger partial charge >= 0.3 is 0 Å². The number of H-pyrrole nitrogens is 1. The molecule has 3 rings (SSSR count). The second-order valence-corrected chi connectivity index (χ2v) is 5.25. The number of hydrogen-bond donors (Lipinski definition) is 3. The van der Waals surface area contributed by atoms with Gasteiger partial charge in [-0.15, -0.1) is 0 Å². The maximum atomic E-state index is 5.96. The smallest absolute Gasteiger partial charge is 0.147 e. The first kappa shape index (κ1) is 13.5. The first-order chi connectivity index (χ1) is 10.3. The first-order valence-corrected chi connectivity index (χ1v) is 7.35. The summed E-state index contributed by atoms with van der Waals surface area (Å²) in [5, 5.41) is 11.0. The number of rotatable bonds is 6. The summed E-state index contributed by atoms with van der Waals surface area (Å²) < 4.78 is 4.22. The zero-order valence-electron chi connectivity index (χ0n) is 11.3. The summed E-state index contributed by atoms with van der Waals surface area (Å²) in [6.07, 6.45) is 6.85. The minimum atomic E-state index is 0.533. The number of nitrogens with zero attached hydrogens (tertiary/aromatic N) is 4. The summed E-state index contributed by atoms with van der Waals surface area (Å²) in [6, 6.07) is 3.87. The van der Waals surface area contributed by atoms with Crippen LogP contribution in [0.1, 0.15) is 12.2 Å². The van der Waals surface area contributed by atoms with Crippen molar-refractivity contribution in [2.45, 2.75) is 12.8 Å². The molecule has 0 bridgehead atoms. The van der Waals surface area contributed by atoms with Crippen LogP contribution in [0.5, 0.6) is 0 Å². The van der Waals surface area contributed by atoms with Crippen LogP contribution in [0.15, 0.2) is 30.9 Å². The first-order valence-electron chi connectivity index (χ1n) is 6.58. The highest BCUT2D eigenvalue weighted by Gasteiger charge is 2.13. The summed E-state index contributed by atoms with van der Waals surface area (Å²) in [5.41, 5.74) is 7.86. The molecule has 3 aromatic heterocycles. The Bertz CT molecular complexity index is 678. The van der Waals surface area contributed by atoms with Gasteiger partial charge in [-0.3, -0.25) is 10.1 Å². The lowest BCUT2D eigenvalue weighted by atomic mass is 10.1. The number of nitrogens with one attached hydrogen (secondary N) is 2. The van der Waals surface area contributed by atoms with Gasteiger partial charge in [-0.2, -0.15) is 9.47 Å². The van der Waals surface area contributed by atoms with E-state index in [2.05, 4.69) is 29.9 Å². The molecule has 0 aliphatic heterocycles. The number of hydrogen-bond acceptors (Lipinski definition) is 7. The highest BCUT2D eigenvalue weighted by Crippen LogP contribution is 2.36. The van der Waals surface area contributed by atoms with Crippen molar-refractivity contribution in [1.82, 2.24) is 24.5 Å². The molecule has 4 N–H and O–H groups in total. The molecule has 8 heteroatoms. The minimum absolute atomic E-state index is 0.533. The van der Waals surface area contributed by atoms with E-state index in [1.165, 1.54) is 17.9 Å². The van der Waals surface area contributed by atoms with Gasteiger partial charge in [0.05, 0.1) is 5.56 Å². The van der Waals surface area contributed by atoms with E-state index in [1.807, 2.05) is 12.1 Å². The highest BCUT2D eigenvalue weighted by atomic mass is 32.1. The molecule has 0 fully saturated rings. The monoisotopic (exact) mass is 301 g/mol. The predicted molar refractivity (Wildman–Crippen MR) is 83.0 cm³/mol. The van der Waals surface area contributed by atoms with Gasteiger partial charge in [0.2, 0.25) is 0 Å². The van der Waals surface area contributed by atoms with Crippen LogP contribution in [-0.2, 0) is 6.42 Å². The number of nitrogen functional groups attached to an aromatic ring is 1. The van der Waals surface area contributed by atoms with E-state index in [-0.39, 0.29) is 0 Å². The van der Waals surface area contributed by atoms with Crippen molar-refractivity contribution in [3.8, 4) is 11.1 Å². The third-order valence-corrected chi connectivity index (χ3v) is 3.83. The van der Waals surface area contributed by atoms with Crippen LogP contribution in [0, 0.1) is 0 Å². The summed E-state index contributed by atoms with van der Waals surface area (Å²) in [7, 11) is 0. The van der Waals surface area contributed by atoms with Crippen LogP contribution in [0.2, 0.25) is 0 Å². The molecule has 0 unspecified atom stereocenters. The molecule has 7 nitrogen and oxygen atoms in total.